The number of aromatic hydroxyl groups is 3. The maximum Gasteiger partial charge on any atom is 0.547 e. The fraction of sp³-hybridized carbons (Fsp3) is 0.303. The largest absolute Gasteiger partial charge is 0.547 e. The number of fused-ring (bicyclic) bond motifs is 1. The number of aromatic carboxylic acids is 1. The van der Waals surface area contributed by atoms with E-state index in [0.29, 0.717) is 17.0 Å². The Bertz CT molecular complexity index is 2180. The molecule has 56 heavy (non-hydrogen) atoms. The summed E-state index contributed by atoms with van der Waals surface area (Å²) in [6.45, 7) is -0.492. The number of carbonyl (C=O) groups is 5. The van der Waals surface area contributed by atoms with Gasteiger partial charge in [-0.05, 0) is 43.0 Å². The van der Waals surface area contributed by atoms with Crippen molar-refractivity contribution in [2.75, 3.05) is 26.2 Å². The summed E-state index contributed by atoms with van der Waals surface area (Å²) in [6, 6.07) is -1.91. The van der Waals surface area contributed by atoms with Gasteiger partial charge in [-0.1, -0.05) is 17.7 Å². The molecule has 3 aromatic rings. The van der Waals surface area contributed by atoms with Crippen LogP contribution in [0.5, 0.6) is 23.0 Å². The second-order valence-corrected chi connectivity index (χ2v) is 13.3. The minimum atomic E-state index is -2.04. The Morgan fingerprint density at radius 3 is 2.23 bits per heavy atom. The molecule has 2 atom stereocenters. The van der Waals surface area contributed by atoms with E-state index >= 15 is 0 Å². The number of benzene rings is 3. The van der Waals surface area contributed by atoms with E-state index in [0.717, 1.165) is 17.0 Å². The zero-order valence-electron chi connectivity index (χ0n) is 28.4. The highest BCUT2D eigenvalue weighted by Gasteiger charge is 2.43. The molecule has 16 nitrogen and oxygen atoms in total. The van der Waals surface area contributed by atoms with Crippen LogP contribution in [-0.2, 0) is 11.2 Å². The number of carboxylic acids is 1. The summed E-state index contributed by atoms with van der Waals surface area (Å²) in [5.41, 5.74) is -2.34. The molecular weight excluding hydrogens is 784 g/mol. The minimum absolute atomic E-state index is 0.0489. The smallest absolute Gasteiger partial charge is 0.534 e. The van der Waals surface area contributed by atoms with Gasteiger partial charge in [0, 0.05) is 37.8 Å². The van der Waals surface area contributed by atoms with Crippen molar-refractivity contribution in [1.82, 2.24) is 25.3 Å². The zero-order valence-corrected chi connectivity index (χ0v) is 29.1. The Labute approximate surface area is 316 Å². The Morgan fingerprint density at radius 2 is 1.57 bits per heavy atom. The molecule has 0 radical (unpaired) electrons. The van der Waals surface area contributed by atoms with Crippen LogP contribution in [0.2, 0.25) is 5.02 Å². The third kappa shape index (κ3) is 7.12. The van der Waals surface area contributed by atoms with Crippen molar-refractivity contribution in [3.8, 4) is 23.0 Å². The van der Waals surface area contributed by atoms with Crippen LogP contribution in [0.15, 0.2) is 24.3 Å². The molecule has 23 heteroatoms. The highest BCUT2D eigenvalue weighted by molar-refractivity contribution is 6.47. The summed E-state index contributed by atoms with van der Waals surface area (Å²) >= 11 is 6.15. The summed E-state index contributed by atoms with van der Waals surface area (Å²) in [4.78, 5) is 68.4. The number of hydrogen-bond acceptors (Lipinski definition) is 10. The van der Waals surface area contributed by atoms with Crippen LogP contribution in [0.25, 0.3) is 0 Å². The SMILES string of the molecule is O=C(O)c1c(F)ccc2c1OB(O)[C@@H](NC(=O)[C@H](NC(=O)N1CCN(C3CCN(C(=O)c4cc(F)c(F)c(O)c4F)CC3)C1=O)c1cc(F)c(O)c(O)c1Cl)C2. The number of carboxylic acid groups (broad SMARTS) is 1. The Hall–Kier alpha value is -6.03. The van der Waals surface area contributed by atoms with Crippen molar-refractivity contribution >= 4 is 48.6 Å². The molecule has 6 rings (SSSR count). The number of piperidine rings is 1. The van der Waals surface area contributed by atoms with E-state index in [1.165, 1.54) is 4.90 Å². The third-order valence-electron chi connectivity index (χ3n) is 9.63. The van der Waals surface area contributed by atoms with Crippen molar-refractivity contribution in [1.29, 1.82) is 0 Å². The number of hydrogen-bond donors (Lipinski definition) is 7. The quantitative estimate of drug-likeness (QED) is 0.0794. The first-order chi connectivity index (χ1) is 26.4. The van der Waals surface area contributed by atoms with Crippen molar-refractivity contribution in [3.05, 3.63) is 80.6 Å². The van der Waals surface area contributed by atoms with Crippen molar-refractivity contribution in [2.24, 2.45) is 0 Å². The average molecular weight is 812 g/mol. The van der Waals surface area contributed by atoms with Crippen molar-refractivity contribution in [2.45, 2.75) is 37.3 Å². The molecule has 3 heterocycles. The molecular formula is C33H28BClF5N5O11. The molecule has 0 aliphatic carbocycles. The highest BCUT2D eigenvalue weighted by Crippen LogP contribution is 2.41. The molecule has 0 bridgehead atoms. The average Bonchev–Trinajstić information content (AvgIpc) is 3.56. The molecule has 0 saturated carbocycles. The molecule has 2 fully saturated rings. The minimum Gasteiger partial charge on any atom is -0.534 e. The van der Waals surface area contributed by atoms with Crippen LogP contribution in [0.3, 0.4) is 0 Å². The van der Waals surface area contributed by atoms with Gasteiger partial charge in [0.2, 0.25) is 11.7 Å². The lowest BCUT2D eigenvalue weighted by Gasteiger charge is -2.36. The molecule has 6 amide bonds. The number of phenolic OH excluding ortho intramolecular Hbond substituents is 3. The Morgan fingerprint density at radius 1 is 0.893 bits per heavy atom. The fourth-order valence-electron chi connectivity index (χ4n) is 6.72. The van der Waals surface area contributed by atoms with Crippen LogP contribution in [0, 0.1) is 29.1 Å². The van der Waals surface area contributed by atoms with E-state index < -0.39 is 129 Å². The second-order valence-electron chi connectivity index (χ2n) is 12.9. The van der Waals surface area contributed by atoms with Gasteiger partial charge in [-0.15, -0.1) is 0 Å². The number of urea groups is 2. The normalized spacial score (nSPS) is 17.7. The fourth-order valence-corrected chi connectivity index (χ4v) is 6.97. The van der Waals surface area contributed by atoms with Gasteiger partial charge in [0.05, 0.1) is 16.5 Å². The molecule has 2 saturated heterocycles. The number of halogens is 6. The van der Waals surface area contributed by atoms with Gasteiger partial charge >= 0.3 is 25.1 Å². The van der Waals surface area contributed by atoms with Gasteiger partial charge in [0.15, 0.2) is 34.7 Å². The number of nitrogens with zero attached hydrogens (tertiary/aromatic N) is 3. The Balaban J connectivity index is 1.17. The molecule has 3 aromatic carbocycles. The van der Waals surface area contributed by atoms with Crippen molar-refractivity contribution < 1.29 is 76.0 Å². The molecule has 0 spiro atoms. The summed E-state index contributed by atoms with van der Waals surface area (Å²) in [6.07, 6.45) is -0.159. The van der Waals surface area contributed by atoms with E-state index in [2.05, 4.69) is 10.6 Å². The lowest BCUT2D eigenvalue weighted by Crippen LogP contribution is -2.56. The van der Waals surface area contributed by atoms with Gasteiger partial charge in [-0.3, -0.25) is 9.59 Å². The number of imide groups is 1. The first-order valence-electron chi connectivity index (χ1n) is 16.5. The van der Waals surface area contributed by atoms with Crippen molar-refractivity contribution in [3.63, 3.8) is 0 Å². The standard InChI is InChI=1S/C33H28BClF5N5O11/c35-21-14(10-18(38)25(46)26(21)47)24(29(49)41-19-9-12-1-2-16(36)20(31(51)52)28(12)56-34(19)55)42-32(53)45-8-7-44(33(45)54)13-3-5-43(6-4-13)30(50)15-11-17(37)23(40)27(48)22(15)39/h1-2,10-11,13,19,24,46-48,55H,3-9H2,(H,41,49)(H,42,53)(H,51,52)/t19-,24+/m0/s1. The first kappa shape index (κ1) is 39.7. The van der Waals surface area contributed by atoms with Crippen LogP contribution in [-0.4, -0.2) is 115 Å². The zero-order chi connectivity index (χ0) is 40.9. The van der Waals surface area contributed by atoms with Gasteiger partial charge < -0.3 is 50.5 Å². The number of amides is 6. The van der Waals surface area contributed by atoms with E-state index in [4.69, 9.17) is 16.3 Å². The number of nitrogens with one attached hydrogen (secondary N) is 2. The first-order valence-corrected chi connectivity index (χ1v) is 16.9. The summed E-state index contributed by atoms with van der Waals surface area (Å²) in [7, 11) is -1.98. The highest BCUT2D eigenvalue weighted by atomic mass is 35.5. The molecule has 296 valence electrons. The van der Waals surface area contributed by atoms with Crippen LogP contribution < -0.4 is 15.3 Å². The topological polar surface area (TPSA) is 230 Å². The molecule has 0 unspecified atom stereocenters. The van der Waals surface area contributed by atoms with Gasteiger partial charge in [0.1, 0.15) is 23.2 Å². The lowest BCUT2D eigenvalue weighted by molar-refractivity contribution is -0.123. The van der Waals surface area contributed by atoms with E-state index in [1.807, 2.05) is 0 Å². The summed E-state index contributed by atoms with van der Waals surface area (Å²) in [5, 5.41) is 53.4. The maximum atomic E-state index is 14.7. The van der Waals surface area contributed by atoms with Crippen LogP contribution in [0.1, 0.15) is 50.7 Å². The van der Waals surface area contributed by atoms with E-state index in [1.54, 1.807) is 0 Å². The summed E-state index contributed by atoms with van der Waals surface area (Å²) in [5.74, 6) is -17.8. The molecule has 0 aromatic heterocycles. The molecule has 3 aliphatic heterocycles. The predicted octanol–water partition coefficient (Wildman–Crippen LogP) is 2.78. The van der Waals surface area contributed by atoms with Gasteiger partial charge in [-0.25, -0.2) is 36.8 Å². The van der Waals surface area contributed by atoms with E-state index in [9.17, 15) is 71.4 Å². The summed E-state index contributed by atoms with van der Waals surface area (Å²) < 4.78 is 75.8. The van der Waals surface area contributed by atoms with Gasteiger partial charge in [0.25, 0.3) is 5.91 Å². The van der Waals surface area contributed by atoms with E-state index in [-0.39, 0.29) is 51.0 Å². The Kier molecular flexibility index (Phi) is 10.8. The monoisotopic (exact) mass is 811 g/mol. The predicted molar refractivity (Wildman–Crippen MR) is 179 cm³/mol. The molecule has 7 N–H and O–H groups in total. The second kappa shape index (κ2) is 15.2. The number of phenols is 3. The van der Waals surface area contributed by atoms with Crippen LogP contribution in [0.4, 0.5) is 31.5 Å². The third-order valence-corrected chi connectivity index (χ3v) is 10.0. The lowest BCUT2D eigenvalue weighted by atomic mass is 9.72. The van der Waals surface area contributed by atoms with Crippen LogP contribution >= 0.6 is 11.6 Å². The van der Waals surface area contributed by atoms with Gasteiger partial charge in [-0.2, -0.15) is 4.39 Å². The maximum absolute atomic E-state index is 14.7. The number of likely N-dealkylation sites (tertiary alicyclic amines) is 1. The number of rotatable bonds is 7. The number of carbonyl (C=O) groups excluding carboxylic acids is 4. The molecule has 3 aliphatic rings.